The lowest BCUT2D eigenvalue weighted by molar-refractivity contribution is 0.0712. The summed E-state index contributed by atoms with van der Waals surface area (Å²) >= 11 is 1.52. The molecule has 1 aliphatic rings. The zero-order valence-corrected chi connectivity index (χ0v) is 13.1. The summed E-state index contributed by atoms with van der Waals surface area (Å²) in [6.45, 7) is 2.41. The van der Waals surface area contributed by atoms with Gasteiger partial charge in [-0.2, -0.15) is 0 Å². The number of hydrogen-bond acceptors (Lipinski definition) is 4. The van der Waals surface area contributed by atoms with E-state index in [9.17, 15) is 9.90 Å². The van der Waals surface area contributed by atoms with Crippen LogP contribution in [0.1, 0.15) is 28.1 Å². The van der Waals surface area contributed by atoms with Crippen molar-refractivity contribution in [3.05, 3.63) is 28.6 Å². The van der Waals surface area contributed by atoms with Gasteiger partial charge in [-0.3, -0.25) is 4.79 Å². The summed E-state index contributed by atoms with van der Waals surface area (Å²) in [5.74, 6) is 0.848. The number of nitrogens with zero attached hydrogens (tertiary/aromatic N) is 1. The van der Waals surface area contributed by atoms with Crippen LogP contribution in [0.4, 0.5) is 0 Å². The molecule has 1 heterocycles. The Morgan fingerprint density at radius 3 is 2.86 bits per heavy atom. The number of thiophene rings is 1. The molecule has 0 bridgehead atoms. The van der Waals surface area contributed by atoms with Gasteiger partial charge in [-0.25, -0.2) is 0 Å². The van der Waals surface area contributed by atoms with Crippen LogP contribution >= 0.6 is 11.3 Å². The van der Waals surface area contributed by atoms with Gasteiger partial charge in [-0.05, 0) is 48.9 Å². The van der Waals surface area contributed by atoms with E-state index in [0.717, 1.165) is 39.1 Å². The smallest absolute Gasteiger partial charge is 0.264 e. The van der Waals surface area contributed by atoms with Gasteiger partial charge in [0.1, 0.15) is 5.75 Å². The lowest BCUT2D eigenvalue weighted by atomic mass is 10.1. The average Bonchev–Trinajstić information content (AvgIpc) is 3.28. The molecule has 0 spiro atoms. The third kappa shape index (κ3) is 2.63. The number of amides is 1. The topological polar surface area (TPSA) is 49.8 Å². The van der Waals surface area contributed by atoms with Gasteiger partial charge in [0.15, 0.2) is 0 Å². The minimum absolute atomic E-state index is 0.0139. The predicted molar refractivity (Wildman–Crippen MR) is 84.3 cm³/mol. The zero-order valence-electron chi connectivity index (χ0n) is 12.3. The predicted octanol–water partition coefficient (Wildman–Crippen LogP) is 2.82. The minimum atomic E-state index is 0.0139. The summed E-state index contributed by atoms with van der Waals surface area (Å²) < 4.78 is 6.35. The first-order valence-electron chi connectivity index (χ1n) is 7.14. The second kappa shape index (κ2) is 5.66. The van der Waals surface area contributed by atoms with Crippen LogP contribution < -0.4 is 4.74 Å². The molecule has 1 N–H and O–H groups in total. The Morgan fingerprint density at radius 2 is 2.24 bits per heavy atom. The van der Waals surface area contributed by atoms with Crippen molar-refractivity contribution in [3.63, 3.8) is 0 Å². The minimum Gasteiger partial charge on any atom is -0.497 e. The van der Waals surface area contributed by atoms with Crippen molar-refractivity contribution in [1.82, 2.24) is 4.90 Å². The highest BCUT2D eigenvalue weighted by atomic mass is 32.1. The molecule has 0 aliphatic heterocycles. The van der Waals surface area contributed by atoms with Crippen molar-refractivity contribution in [2.24, 2.45) is 0 Å². The number of hydrogen-bond donors (Lipinski definition) is 1. The lowest BCUT2D eigenvalue weighted by Gasteiger charge is -2.20. The van der Waals surface area contributed by atoms with E-state index < -0.39 is 0 Å². The molecule has 0 saturated heterocycles. The van der Waals surface area contributed by atoms with Gasteiger partial charge in [0.2, 0.25) is 0 Å². The van der Waals surface area contributed by atoms with E-state index in [-0.39, 0.29) is 12.5 Å². The van der Waals surface area contributed by atoms with Crippen LogP contribution in [0.3, 0.4) is 0 Å². The Bertz CT molecular complexity index is 675. The Labute approximate surface area is 127 Å². The van der Waals surface area contributed by atoms with Gasteiger partial charge in [0.25, 0.3) is 5.91 Å². The van der Waals surface area contributed by atoms with Gasteiger partial charge < -0.3 is 14.7 Å². The molecule has 1 aromatic carbocycles. The molecule has 1 saturated carbocycles. The molecule has 0 atom stereocenters. The second-order valence-electron chi connectivity index (χ2n) is 5.37. The fourth-order valence-corrected chi connectivity index (χ4v) is 3.75. The van der Waals surface area contributed by atoms with Crippen molar-refractivity contribution in [2.45, 2.75) is 25.8 Å². The van der Waals surface area contributed by atoms with Crippen molar-refractivity contribution in [1.29, 1.82) is 0 Å². The maximum absolute atomic E-state index is 12.8. The molecule has 5 heteroatoms. The summed E-state index contributed by atoms with van der Waals surface area (Å²) in [5.41, 5.74) is 1.00. The van der Waals surface area contributed by atoms with Gasteiger partial charge in [0.05, 0.1) is 18.6 Å². The molecular formula is C16H19NO3S. The second-order valence-corrected chi connectivity index (χ2v) is 6.42. The molecule has 112 valence electrons. The van der Waals surface area contributed by atoms with Crippen molar-refractivity contribution >= 4 is 27.3 Å². The molecule has 1 amide bonds. The Kier molecular flexibility index (Phi) is 3.87. The maximum Gasteiger partial charge on any atom is 0.264 e. The third-order valence-corrected chi connectivity index (χ3v) is 5.19. The Hall–Kier alpha value is -1.59. The van der Waals surface area contributed by atoms with Crippen LogP contribution in [0.2, 0.25) is 0 Å². The first kappa shape index (κ1) is 14.4. The number of aliphatic hydroxyl groups excluding tert-OH is 1. The molecule has 0 radical (unpaired) electrons. The molecule has 4 nitrogen and oxygen atoms in total. The van der Waals surface area contributed by atoms with E-state index in [2.05, 4.69) is 0 Å². The first-order chi connectivity index (χ1) is 10.2. The van der Waals surface area contributed by atoms with Gasteiger partial charge in [-0.1, -0.05) is 0 Å². The highest BCUT2D eigenvalue weighted by Gasteiger charge is 2.34. The molecule has 1 aromatic heterocycles. The van der Waals surface area contributed by atoms with Crippen molar-refractivity contribution in [2.75, 3.05) is 20.3 Å². The fourth-order valence-electron chi connectivity index (χ4n) is 2.61. The number of fused-ring (bicyclic) bond motifs is 1. The van der Waals surface area contributed by atoms with Gasteiger partial charge in [0, 0.05) is 17.3 Å². The van der Waals surface area contributed by atoms with Crippen LogP contribution in [0.5, 0.6) is 5.75 Å². The van der Waals surface area contributed by atoms with E-state index in [0.29, 0.717) is 12.6 Å². The van der Waals surface area contributed by atoms with E-state index >= 15 is 0 Å². The summed E-state index contributed by atoms with van der Waals surface area (Å²) in [4.78, 5) is 15.3. The maximum atomic E-state index is 12.8. The van der Waals surface area contributed by atoms with E-state index in [4.69, 9.17) is 4.74 Å². The number of carbonyl (C=O) groups is 1. The zero-order chi connectivity index (χ0) is 15.0. The SMILES string of the molecule is COc1ccc2sc(C(=O)N(CCO)C3CC3)c(C)c2c1. The molecule has 1 fully saturated rings. The number of ether oxygens (including phenoxy) is 1. The Morgan fingerprint density at radius 1 is 1.48 bits per heavy atom. The summed E-state index contributed by atoms with van der Waals surface area (Å²) in [6.07, 6.45) is 2.09. The summed E-state index contributed by atoms with van der Waals surface area (Å²) in [5, 5.41) is 10.3. The molecule has 1 aliphatic carbocycles. The number of aryl methyl sites for hydroxylation is 1. The fraction of sp³-hybridized carbons (Fsp3) is 0.438. The summed E-state index contributed by atoms with van der Waals surface area (Å²) in [7, 11) is 1.64. The van der Waals surface area contributed by atoms with E-state index in [1.54, 1.807) is 7.11 Å². The standard InChI is InChI=1S/C16H19NO3S/c1-10-13-9-12(20-2)5-6-14(13)21-15(10)16(19)17(7-8-18)11-3-4-11/h5-6,9,11,18H,3-4,7-8H2,1-2H3. The normalized spacial score (nSPS) is 14.4. The van der Waals surface area contributed by atoms with Crippen LogP contribution in [-0.4, -0.2) is 42.2 Å². The van der Waals surface area contributed by atoms with E-state index in [1.165, 1.54) is 11.3 Å². The van der Waals surface area contributed by atoms with Crippen LogP contribution in [-0.2, 0) is 0 Å². The van der Waals surface area contributed by atoms with Crippen LogP contribution in [0.15, 0.2) is 18.2 Å². The van der Waals surface area contributed by atoms with Crippen molar-refractivity contribution < 1.29 is 14.6 Å². The highest BCUT2D eigenvalue weighted by molar-refractivity contribution is 7.21. The van der Waals surface area contributed by atoms with Crippen molar-refractivity contribution in [3.8, 4) is 5.75 Å². The molecule has 0 unspecified atom stereocenters. The average molecular weight is 305 g/mol. The third-order valence-electron chi connectivity index (χ3n) is 3.93. The molecule has 21 heavy (non-hydrogen) atoms. The quantitative estimate of drug-likeness (QED) is 0.924. The van der Waals surface area contributed by atoms with Gasteiger partial charge in [-0.15, -0.1) is 11.3 Å². The summed E-state index contributed by atoms with van der Waals surface area (Å²) in [6, 6.07) is 6.20. The Balaban J connectivity index is 1.99. The molecule has 3 rings (SSSR count). The van der Waals surface area contributed by atoms with E-state index in [1.807, 2.05) is 30.0 Å². The monoisotopic (exact) mass is 305 g/mol. The number of aliphatic hydroxyl groups is 1. The molecular weight excluding hydrogens is 286 g/mol. The number of benzene rings is 1. The first-order valence-corrected chi connectivity index (χ1v) is 7.96. The van der Waals surface area contributed by atoms with Crippen LogP contribution in [0, 0.1) is 6.92 Å². The highest BCUT2D eigenvalue weighted by Crippen LogP contribution is 2.36. The van der Waals surface area contributed by atoms with Crippen LogP contribution in [0.25, 0.3) is 10.1 Å². The number of methoxy groups -OCH3 is 1. The lowest BCUT2D eigenvalue weighted by Crippen LogP contribution is -2.35. The van der Waals surface area contributed by atoms with Gasteiger partial charge >= 0.3 is 0 Å². The molecule has 2 aromatic rings. The number of carbonyl (C=O) groups excluding carboxylic acids is 1. The largest absolute Gasteiger partial charge is 0.497 e. The number of rotatable bonds is 5.